The number of alkyl carbamates (subject to hydrolysis) is 1. The number of hydrogen-bond donors (Lipinski definition) is 2. The summed E-state index contributed by atoms with van der Waals surface area (Å²) in [6.07, 6.45) is 1.93. The summed E-state index contributed by atoms with van der Waals surface area (Å²) in [5.41, 5.74) is 2.85. The third kappa shape index (κ3) is 7.26. The summed E-state index contributed by atoms with van der Waals surface area (Å²) in [4.78, 5) is 43.1. The zero-order valence-electron chi connectivity index (χ0n) is 25.3. The first-order chi connectivity index (χ1) is 19.3. The van der Waals surface area contributed by atoms with Gasteiger partial charge in [0, 0.05) is 11.7 Å². The second-order valence-corrected chi connectivity index (χ2v) is 12.5. The summed E-state index contributed by atoms with van der Waals surface area (Å²) in [6.45, 7) is 13.2. The lowest BCUT2D eigenvalue weighted by Gasteiger charge is -2.44. The zero-order valence-corrected chi connectivity index (χ0v) is 25.3. The van der Waals surface area contributed by atoms with Gasteiger partial charge in [0.25, 0.3) is 5.91 Å². The van der Waals surface area contributed by atoms with Gasteiger partial charge in [0.15, 0.2) is 0 Å². The summed E-state index contributed by atoms with van der Waals surface area (Å²) in [5, 5.41) is 8.00. The third-order valence-electron chi connectivity index (χ3n) is 7.72. The van der Waals surface area contributed by atoms with Crippen LogP contribution in [-0.4, -0.2) is 40.5 Å². The fraction of sp³-hybridized carbons (Fsp3) is 0.441. The number of nitrogens with zero attached hydrogens (tertiary/aromatic N) is 1. The normalized spacial score (nSPS) is 15.1. The van der Waals surface area contributed by atoms with Crippen LogP contribution in [0.3, 0.4) is 0 Å². The van der Waals surface area contributed by atoms with Crippen molar-refractivity contribution in [1.82, 2.24) is 10.2 Å². The predicted octanol–water partition coefficient (Wildman–Crippen LogP) is 7.07. The van der Waals surface area contributed by atoms with Gasteiger partial charge < -0.3 is 20.3 Å². The minimum atomic E-state index is -0.875. The standard InChI is InChI=1S/C34H43N3O4/c1-21(2)29(36-33(40)41-34(5,6)7)32(39)37(28-13-10-14-28)30(26-16-15-22(3)23(4)19-26)31(38)35-27-18-17-24-11-8-9-12-25(24)20-27/h8-9,11-12,15-21,28-30H,10,13-14H2,1-7H3,(H,35,38)(H,36,40). The van der Waals surface area contributed by atoms with Gasteiger partial charge in [-0.15, -0.1) is 0 Å². The van der Waals surface area contributed by atoms with E-state index < -0.39 is 23.8 Å². The monoisotopic (exact) mass is 557 g/mol. The Morgan fingerprint density at radius 2 is 1.59 bits per heavy atom. The first-order valence-electron chi connectivity index (χ1n) is 14.5. The molecule has 0 aliphatic heterocycles. The van der Waals surface area contributed by atoms with E-state index in [0.717, 1.165) is 46.7 Å². The molecule has 1 aliphatic carbocycles. The Kier molecular flexibility index (Phi) is 9.05. The number of aryl methyl sites for hydroxylation is 2. The van der Waals surface area contributed by atoms with Crippen molar-refractivity contribution >= 4 is 34.4 Å². The van der Waals surface area contributed by atoms with E-state index in [4.69, 9.17) is 4.74 Å². The van der Waals surface area contributed by atoms with Crippen molar-refractivity contribution in [1.29, 1.82) is 0 Å². The highest BCUT2D eigenvalue weighted by molar-refractivity contribution is 6.00. The van der Waals surface area contributed by atoms with Crippen LogP contribution >= 0.6 is 0 Å². The molecule has 0 aromatic heterocycles. The fourth-order valence-corrected chi connectivity index (χ4v) is 5.14. The number of anilines is 1. The van der Waals surface area contributed by atoms with Crippen molar-refractivity contribution in [2.75, 3.05) is 5.32 Å². The van der Waals surface area contributed by atoms with Gasteiger partial charge in [-0.05, 0) is 99.4 Å². The Morgan fingerprint density at radius 3 is 2.17 bits per heavy atom. The maximum Gasteiger partial charge on any atom is 0.408 e. The van der Waals surface area contributed by atoms with E-state index >= 15 is 0 Å². The summed E-state index contributed by atoms with van der Waals surface area (Å²) in [6, 6.07) is 17.9. The van der Waals surface area contributed by atoms with Crippen molar-refractivity contribution in [2.45, 2.75) is 91.5 Å². The number of ether oxygens (including phenoxy) is 1. The van der Waals surface area contributed by atoms with E-state index in [0.29, 0.717) is 5.69 Å². The Hall–Kier alpha value is -3.87. The number of benzene rings is 3. The number of amides is 3. The molecule has 7 nitrogen and oxygen atoms in total. The fourth-order valence-electron chi connectivity index (χ4n) is 5.14. The summed E-state index contributed by atoms with van der Waals surface area (Å²) in [5.74, 6) is -0.794. The number of rotatable bonds is 8. The summed E-state index contributed by atoms with van der Waals surface area (Å²) >= 11 is 0. The first kappa shape index (κ1) is 30.1. The Balaban J connectivity index is 1.73. The molecular weight excluding hydrogens is 514 g/mol. The lowest BCUT2D eigenvalue weighted by molar-refractivity contribution is -0.146. The SMILES string of the molecule is Cc1ccc(C(C(=O)Nc2ccc3ccccc3c2)N(C(=O)C(NC(=O)OC(C)(C)C)C(C)C)C2CCC2)cc1C. The topological polar surface area (TPSA) is 87.7 Å². The highest BCUT2D eigenvalue weighted by atomic mass is 16.6. The molecule has 1 aliphatic rings. The van der Waals surface area contributed by atoms with Gasteiger partial charge in [-0.1, -0.05) is 62.4 Å². The van der Waals surface area contributed by atoms with E-state index in [-0.39, 0.29) is 23.8 Å². The Labute approximate surface area is 243 Å². The summed E-state index contributed by atoms with van der Waals surface area (Å²) in [7, 11) is 0. The Morgan fingerprint density at radius 1 is 0.902 bits per heavy atom. The van der Waals surface area contributed by atoms with E-state index in [2.05, 4.69) is 10.6 Å². The van der Waals surface area contributed by atoms with Crippen LogP contribution in [0.2, 0.25) is 0 Å². The van der Waals surface area contributed by atoms with Crippen LogP contribution < -0.4 is 10.6 Å². The largest absolute Gasteiger partial charge is 0.444 e. The average molecular weight is 558 g/mol. The van der Waals surface area contributed by atoms with Crippen molar-refractivity contribution in [3.63, 3.8) is 0 Å². The van der Waals surface area contributed by atoms with Gasteiger partial charge in [-0.25, -0.2) is 4.79 Å². The molecule has 2 N–H and O–H groups in total. The molecule has 4 rings (SSSR count). The number of hydrogen-bond acceptors (Lipinski definition) is 4. The maximum absolute atomic E-state index is 14.4. The van der Waals surface area contributed by atoms with Gasteiger partial charge in [0.05, 0.1) is 0 Å². The number of fused-ring (bicyclic) bond motifs is 1. The van der Waals surface area contributed by atoms with Crippen LogP contribution in [0, 0.1) is 19.8 Å². The van der Waals surface area contributed by atoms with Gasteiger partial charge in [0.1, 0.15) is 17.7 Å². The Bertz CT molecular complexity index is 1420. The summed E-state index contributed by atoms with van der Waals surface area (Å²) < 4.78 is 5.48. The van der Waals surface area contributed by atoms with Gasteiger partial charge in [-0.2, -0.15) is 0 Å². The maximum atomic E-state index is 14.4. The van der Waals surface area contributed by atoms with Crippen LogP contribution in [0.1, 0.15) is 76.6 Å². The smallest absolute Gasteiger partial charge is 0.408 e. The van der Waals surface area contributed by atoms with Gasteiger partial charge in [0.2, 0.25) is 5.91 Å². The van der Waals surface area contributed by atoms with Crippen molar-refractivity contribution < 1.29 is 19.1 Å². The van der Waals surface area contributed by atoms with Crippen LogP contribution in [0.4, 0.5) is 10.5 Å². The molecule has 0 spiro atoms. The van der Waals surface area contributed by atoms with E-state index in [1.165, 1.54) is 0 Å². The molecule has 3 aromatic carbocycles. The number of nitrogens with one attached hydrogen (secondary N) is 2. The molecule has 218 valence electrons. The molecule has 1 fully saturated rings. The number of carbonyl (C=O) groups is 3. The van der Waals surface area contributed by atoms with Crippen LogP contribution in [0.15, 0.2) is 60.7 Å². The minimum absolute atomic E-state index is 0.113. The molecule has 2 unspecified atom stereocenters. The molecule has 0 saturated heterocycles. The molecule has 2 atom stereocenters. The average Bonchev–Trinajstić information content (AvgIpc) is 2.86. The first-order valence-corrected chi connectivity index (χ1v) is 14.5. The van der Waals surface area contributed by atoms with Crippen LogP contribution in [-0.2, 0) is 14.3 Å². The predicted molar refractivity (Wildman–Crippen MR) is 164 cm³/mol. The molecule has 0 radical (unpaired) electrons. The lowest BCUT2D eigenvalue weighted by Crippen LogP contribution is -2.58. The van der Waals surface area contributed by atoms with E-state index in [1.807, 2.05) is 88.4 Å². The minimum Gasteiger partial charge on any atom is -0.444 e. The molecular formula is C34H43N3O4. The lowest BCUT2D eigenvalue weighted by atomic mass is 9.87. The van der Waals surface area contributed by atoms with Gasteiger partial charge in [-0.3, -0.25) is 9.59 Å². The van der Waals surface area contributed by atoms with Crippen LogP contribution in [0.5, 0.6) is 0 Å². The molecule has 3 aromatic rings. The van der Waals surface area contributed by atoms with Crippen LogP contribution in [0.25, 0.3) is 10.8 Å². The molecule has 3 amide bonds. The van der Waals surface area contributed by atoms with Crippen molar-refractivity contribution in [2.24, 2.45) is 5.92 Å². The molecule has 1 saturated carbocycles. The highest BCUT2D eigenvalue weighted by Gasteiger charge is 2.43. The molecule has 41 heavy (non-hydrogen) atoms. The van der Waals surface area contributed by atoms with Crippen molar-refractivity contribution in [3.05, 3.63) is 77.4 Å². The molecule has 7 heteroatoms. The molecule has 0 bridgehead atoms. The zero-order chi connectivity index (χ0) is 29.9. The van der Waals surface area contributed by atoms with E-state index in [1.54, 1.807) is 25.7 Å². The second kappa shape index (κ2) is 12.3. The number of carbonyl (C=O) groups excluding carboxylic acids is 3. The van der Waals surface area contributed by atoms with Gasteiger partial charge >= 0.3 is 6.09 Å². The van der Waals surface area contributed by atoms with Crippen molar-refractivity contribution in [3.8, 4) is 0 Å². The highest BCUT2D eigenvalue weighted by Crippen LogP contribution is 2.35. The second-order valence-electron chi connectivity index (χ2n) is 12.5. The quantitative estimate of drug-likeness (QED) is 0.310. The van der Waals surface area contributed by atoms with E-state index in [9.17, 15) is 14.4 Å². The molecule has 0 heterocycles. The third-order valence-corrected chi connectivity index (χ3v) is 7.72.